The second-order valence-electron chi connectivity index (χ2n) is 36.9. The minimum Gasteiger partial charge on any atom is -0.478 e. The molecule has 2 heterocycles. The van der Waals surface area contributed by atoms with Gasteiger partial charge in [-0.1, -0.05) is 416 Å². The van der Waals surface area contributed by atoms with Crippen LogP contribution in [-0.2, 0) is 80.7 Å². The summed E-state index contributed by atoms with van der Waals surface area (Å²) in [7, 11) is 0. The molecule has 1 N–H and O–H groups in total. The maximum absolute atomic E-state index is 14.5. The van der Waals surface area contributed by atoms with Crippen LogP contribution in [0.2, 0.25) is 0 Å². The number of carbonyl (C=O) groups excluding carboxylic acids is 2. The summed E-state index contributed by atoms with van der Waals surface area (Å²) in [4.78, 5) is 51.9. The van der Waals surface area contributed by atoms with Crippen LogP contribution in [0.25, 0.3) is 0 Å². The normalized spacial score (nSPS) is 15.2. The molecule has 714 valence electrons. The van der Waals surface area contributed by atoms with Crippen LogP contribution in [0.3, 0.4) is 0 Å². The van der Waals surface area contributed by atoms with E-state index in [2.05, 4.69) is 370 Å². The molecule has 0 spiro atoms. The van der Waals surface area contributed by atoms with Gasteiger partial charge in [-0.25, -0.2) is 14.4 Å². The van der Waals surface area contributed by atoms with E-state index in [0.29, 0.717) is 17.6 Å². The maximum atomic E-state index is 14.5. The number of ether oxygens (including phenoxy) is 3. The molecule has 16 rings (SSSR count). The third-order valence-electron chi connectivity index (χ3n) is 25.2. The summed E-state index contributed by atoms with van der Waals surface area (Å²) in [6.45, 7) is 22.2. The van der Waals surface area contributed by atoms with Crippen LogP contribution in [0.4, 0.5) is 17.1 Å². The first kappa shape index (κ1) is 103. The number of hydrogen-bond donors (Lipinski definition) is 1. The minimum atomic E-state index is -0.874. The van der Waals surface area contributed by atoms with E-state index in [9.17, 15) is 19.5 Å². The molecule has 0 aliphatic carbocycles. The smallest absolute Gasteiger partial charge is 0.336 e. The fourth-order valence-electron chi connectivity index (χ4n) is 18.1. The van der Waals surface area contributed by atoms with E-state index < -0.39 is 17.2 Å². The van der Waals surface area contributed by atoms with Crippen molar-refractivity contribution in [1.82, 2.24) is 0 Å². The van der Waals surface area contributed by atoms with Gasteiger partial charge in [0.25, 0.3) is 0 Å². The molecule has 13 heteroatoms. The quantitative estimate of drug-likeness (QED) is 0.0170. The van der Waals surface area contributed by atoms with Crippen molar-refractivity contribution < 1.29 is 33.7 Å². The molecule has 139 heavy (non-hydrogen) atoms. The largest absolute Gasteiger partial charge is 0.478 e. The van der Waals surface area contributed by atoms with Crippen molar-refractivity contribution in [3.05, 3.63) is 500 Å². The number of carboxylic acid groups (broad SMARTS) is 1. The predicted molar refractivity (Wildman–Crippen MR) is 582 cm³/mol. The molecule has 0 unspecified atom stereocenters. The predicted octanol–water partition coefficient (Wildman–Crippen LogP) is 32.3. The Morgan fingerprint density at radius 1 is 0.374 bits per heavy atom. The number of epoxide rings is 1. The number of aryl methyl sites for hydroxylation is 2. The zero-order valence-electron chi connectivity index (χ0n) is 82.0. The summed E-state index contributed by atoms with van der Waals surface area (Å²) in [5.41, 5.74) is 17.9. The van der Waals surface area contributed by atoms with Crippen molar-refractivity contribution in [2.24, 2.45) is 0 Å². The number of nitrogens with zero attached hydrogens (tertiary/aromatic N) is 3. The molecule has 14 aromatic rings. The lowest BCUT2D eigenvalue weighted by Crippen LogP contribution is -2.41. The zero-order chi connectivity index (χ0) is 97.3. The molecule has 1 saturated heterocycles. The summed E-state index contributed by atoms with van der Waals surface area (Å²) < 4.78 is 18.1. The SMILES string of the molecule is CCC[C@@]1(CCc2ccccc2)CC(Sc2ccccc2)=C([C@@H](CC)c2cccc(N(Cc3ccccc3)Cc3ccccc3)c2)C(=O)O1.CCC[C@@]1(CCc2ccccc2)CO1.CC[C@H](C(=CSc1ccccc1)C(=O)O)c1cccc(N(Cc2ccccc2)Cc2ccccc2)c1.CC[C@H](C(=CSc1ccccc1)C(=O)OC(C)(C)C)c1cccc(N(Cc2ccccc2)Cc2ccccc2)c1. The Morgan fingerprint density at radius 3 is 1.00 bits per heavy atom. The van der Waals surface area contributed by atoms with Gasteiger partial charge in [0.1, 0.15) is 11.2 Å². The highest BCUT2D eigenvalue weighted by Crippen LogP contribution is 2.49. The van der Waals surface area contributed by atoms with E-state index in [4.69, 9.17) is 14.2 Å². The lowest BCUT2D eigenvalue weighted by molar-refractivity contribution is -0.159. The number of aliphatic carboxylic acids is 1. The number of carboxylic acids is 1. The summed E-state index contributed by atoms with van der Waals surface area (Å²) in [5.74, 6) is -1.67. The van der Waals surface area contributed by atoms with Crippen LogP contribution < -0.4 is 14.7 Å². The van der Waals surface area contributed by atoms with Crippen LogP contribution in [0.1, 0.15) is 199 Å². The van der Waals surface area contributed by atoms with Crippen molar-refractivity contribution in [3.8, 4) is 0 Å². The van der Waals surface area contributed by atoms with Crippen LogP contribution in [-0.4, -0.2) is 46.4 Å². The minimum absolute atomic E-state index is 0.0808. The first-order valence-corrected chi connectivity index (χ1v) is 51.9. The third kappa shape index (κ3) is 32.6. The molecule has 2 aliphatic rings. The highest BCUT2D eigenvalue weighted by molar-refractivity contribution is 8.03. The molecule has 0 amide bonds. The Labute approximate surface area is 840 Å². The van der Waals surface area contributed by atoms with Crippen molar-refractivity contribution in [2.75, 3.05) is 21.3 Å². The summed E-state index contributed by atoms with van der Waals surface area (Å²) >= 11 is 4.77. The second-order valence-corrected chi connectivity index (χ2v) is 40.0. The van der Waals surface area contributed by atoms with Crippen molar-refractivity contribution in [1.29, 1.82) is 0 Å². The maximum Gasteiger partial charge on any atom is 0.336 e. The first-order valence-electron chi connectivity index (χ1n) is 49.4. The van der Waals surface area contributed by atoms with Gasteiger partial charge in [-0.15, -0.1) is 0 Å². The van der Waals surface area contributed by atoms with E-state index >= 15 is 0 Å². The summed E-state index contributed by atoms with van der Waals surface area (Å²) in [5, 5.41) is 13.9. The van der Waals surface area contributed by atoms with Gasteiger partial charge in [-0.2, -0.15) is 0 Å². The van der Waals surface area contributed by atoms with Gasteiger partial charge in [0.15, 0.2) is 0 Å². The number of carbonyl (C=O) groups is 3. The van der Waals surface area contributed by atoms with Gasteiger partial charge in [0, 0.05) is 100 Å². The molecular formula is C126H135N3O7S3. The van der Waals surface area contributed by atoms with Crippen molar-refractivity contribution in [2.45, 2.75) is 221 Å². The summed E-state index contributed by atoms with van der Waals surface area (Å²) in [6, 6.07) is 141. The lowest BCUT2D eigenvalue weighted by atomic mass is 9.80. The number of benzene rings is 14. The standard InChI is InChI=1S/C45H47NO2S.C36H39NO2S.C32H31NO2S.C13H18O/c1-3-29-45(30-28-35-18-9-5-10-19-35)32-42(49-40-26-15-8-16-27-40)43(44(47)48-45)41(4-2)38-24-17-25-39(31-38)46(33-36-20-11-6-12-21-36)34-37-22-13-7-14-23-37;1-5-33(34(35(38)39-36(2,3)4)27-40-32-22-13-8-14-23-32)30-20-15-21-31(24-30)37(25-28-16-9-6-10-17-28)26-29-18-11-7-12-19-29;1-2-30(31(32(34)35)24-36-29-19-10-5-11-20-29)27-17-12-18-28(21-27)33(22-25-13-6-3-7-14-25)23-26-15-8-4-9-16-26;1-2-9-13(11-14-13)10-8-12-6-4-3-5-7-12/h5-27,31,41H,3-4,28-30,32-34H2,1-2H3;6-24,27,33H,5,25-26H2,1-4H3;3-21,24,30H,2,22-23H2,1H3,(H,34,35);3-7H,2,8-11H2,1H3/t41-,45+;33-;30-;13-/m0001/s1. The van der Waals surface area contributed by atoms with E-state index in [-0.39, 0.29) is 35.3 Å². The second kappa shape index (κ2) is 53.9. The molecule has 0 saturated carbocycles. The highest BCUT2D eigenvalue weighted by Gasteiger charge is 2.45. The molecule has 0 aromatic heterocycles. The average molecular weight is 1900 g/mol. The first-order chi connectivity index (χ1) is 67.9. The molecular weight excluding hydrogens is 1760 g/mol. The average Bonchev–Trinajstić information content (AvgIpc) is 1.51. The monoisotopic (exact) mass is 1900 g/mol. The molecule has 14 aromatic carbocycles. The Bertz CT molecular complexity index is 6010. The van der Waals surface area contributed by atoms with Crippen molar-refractivity contribution in [3.63, 3.8) is 0 Å². The van der Waals surface area contributed by atoms with E-state index in [1.165, 1.54) is 75.5 Å². The molecule has 10 nitrogen and oxygen atoms in total. The third-order valence-corrected chi connectivity index (χ3v) is 28.2. The Kier molecular flexibility index (Phi) is 40.1. The number of anilines is 3. The molecule has 0 radical (unpaired) electrons. The highest BCUT2D eigenvalue weighted by atomic mass is 32.2. The number of cyclic esters (lactones) is 1. The van der Waals surface area contributed by atoms with Gasteiger partial charge in [-0.05, 0) is 223 Å². The number of esters is 2. The summed E-state index contributed by atoms with van der Waals surface area (Å²) in [6.07, 6.45) is 11.3. The Morgan fingerprint density at radius 2 is 0.676 bits per heavy atom. The van der Waals surface area contributed by atoms with Gasteiger partial charge in [0.2, 0.25) is 0 Å². The Balaban J connectivity index is 0.000000165. The molecule has 1 fully saturated rings. The fraction of sp³-hybridized carbons (Fsp3) is 0.262. The number of rotatable bonds is 42. The zero-order valence-corrected chi connectivity index (χ0v) is 84.4. The van der Waals surface area contributed by atoms with Gasteiger partial charge in [0.05, 0.1) is 28.9 Å². The van der Waals surface area contributed by atoms with Gasteiger partial charge in [-0.3, -0.25) is 0 Å². The van der Waals surface area contributed by atoms with E-state index in [1.54, 1.807) is 28.9 Å². The molecule has 2 aliphatic heterocycles. The van der Waals surface area contributed by atoms with Gasteiger partial charge < -0.3 is 34.0 Å². The topological polar surface area (TPSA) is 112 Å². The van der Waals surface area contributed by atoms with Crippen LogP contribution in [0.15, 0.2) is 454 Å². The van der Waals surface area contributed by atoms with E-state index in [0.717, 1.165) is 156 Å². The fourth-order valence-corrected chi connectivity index (χ4v) is 21.0. The van der Waals surface area contributed by atoms with Crippen molar-refractivity contribution >= 4 is 70.3 Å². The van der Waals surface area contributed by atoms with E-state index in [1.807, 2.05) is 112 Å². The molecule has 0 bridgehead atoms. The van der Waals surface area contributed by atoms with Gasteiger partial charge >= 0.3 is 17.9 Å². The lowest BCUT2D eigenvalue weighted by Gasteiger charge is -2.40. The van der Waals surface area contributed by atoms with Crippen LogP contribution in [0.5, 0.6) is 0 Å². The number of hydrogen-bond acceptors (Lipinski definition) is 12. The van der Waals surface area contributed by atoms with Crippen LogP contribution >= 0.6 is 35.3 Å². The molecule has 5 atom stereocenters. The number of thioether (sulfide) groups is 3. The van der Waals surface area contributed by atoms with Crippen LogP contribution in [0, 0.1) is 0 Å². The Hall–Kier alpha value is -12.9.